The zero-order valence-corrected chi connectivity index (χ0v) is 11.7. The second-order valence-electron chi connectivity index (χ2n) is 5.98. The quantitative estimate of drug-likeness (QED) is 0.671. The summed E-state index contributed by atoms with van der Waals surface area (Å²) < 4.78 is 0. The standard InChI is InChI=1S/C16H29N/c1-3-13-17-15(14-9-5-6-10-14)16(4-2)11-7-8-12-16/h9,15,17H,3-8,10-13H2,1-2H3. The van der Waals surface area contributed by atoms with Crippen LogP contribution < -0.4 is 5.32 Å². The van der Waals surface area contributed by atoms with E-state index in [-0.39, 0.29) is 0 Å². The van der Waals surface area contributed by atoms with Crippen LogP contribution in [0.1, 0.15) is 71.6 Å². The molecule has 0 spiro atoms. The molecule has 2 aliphatic rings. The van der Waals surface area contributed by atoms with Crippen molar-refractivity contribution in [1.29, 1.82) is 0 Å². The third-order valence-electron chi connectivity index (χ3n) is 4.96. The molecule has 0 bridgehead atoms. The predicted octanol–water partition coefficient (Wildman–Crippen LogP) is 4.44. The fourth-order valence-corrected chi connectivity index (χ4v) is 3.91. The Hall–Kier alpha value is -0.300. The molecule has 0 aromatic carbocycles. The second-order valence-corrected chi connectivity index (χ2v) is 5.98. The van der Waals surface area contributed by atoms with Crippen LogP contribution >= 0.6 is 0 Å². The summed E-state index contributed by atoms with van der Waals surface area (Å²) >= 11 is 0. The van der Waals surface area contributed by atoms with Gasteiger partial charge in [0.25, 0.3) is 0 Å². The Morgan fingerprint density at radius 1 is 1.24 bits per heavy atom. The Balaban J connectivity index is 2.12. The minimum atomic E-state index is 0.589. The molecule has 0 aromatic heterocycles. The Bertz CT molecular complexity index is 261. The number of hydrogen-bond donors (Lipinski definition) is 1. The third-order valence-corrected chi connectivity index (χ3v) is 4.96. The third kappa shape index (κ3) is 2.76. The van der Waals surface area contributed by atoms with Gasteiger partial charge < -0.3 is 5.32 Å². The van der Waals surface area contributed by atoms with Crippen LogP contribution in [-0.4, -0.2) is 12.6 Å². The molecule has 17 heavy (non-hydrogen) atoms. The van der Waals surface area contributed by atoms with Crippen molar-refractivity contribution in [2.45, 2.75) is 77.7 Å². The molecule has 1 heteroatoms. The smallest absolute Gasteiger partial charge is 0.0336 e. The van der Waals surface area contributed by atoms with Gasteiger partial charge in [0, 0.05) is 6.04 Å². The fraction of sp³-hybridized carbons (Fsp3) is 0.875. The van der Waals surface area contributed by atoms with Crippen LogP contribution in [0, 0.1) is 5.41 Å². The van der Waals surface area contributed by atoms with Crippen molar-refractivity contribution >= 4 is 0 Å². The number of hydrogen-bond acceptors (Lipinski definition) is 1. The largest absolute Gasteiger partial charge is 0.310 e. The topological polar surface area (TPSA) is 12.0 Å². The van der Waals surface area contributed by atoms with Crippen LogP contribution in [0.3, 0.4) is 0 Å². The van der Waals surface area contributed by atoms with E-state index in [4.69, 9.17) is 0 Å². The van der Waals surface area contributed by atoms with Crippen molar-refractivity contribution in [2.75, 3.05) is 6.54 Å². The molecular formula is C16H29N. The molecule has 1 atom stereocenters. The summed E-state index contributed by atoms with van der Waals surface area (Å²) in [4.78, 5) is 0. The molecular weight excluding hydrogens is 206 g/mol. The highest BCUT2D eigenvalue weighted by Crippen LogP contribution is 2.47. The average molecular weight is 235 g/mol. The summed E-state index contributed by atoms with van der Waals surface area (Å²) in [5.74, 6) is 0. The summed E-state index contributed by atoms with van der Waals surface area (Å²) in [5, 5.41) is 3.88. The summed E-state index contributed by atoms with van der Waals surface area (Å²) in [6.07, 6.45) is 15.0. The first-order valence-corrected chi connectivity index (χ1v) is 7.74. The van der Waals surface area contributed by atoms with Gasteiger partial charge in [-0.15, -0.1) is 0 Å². The zero-order chi connectivity index (χ0) is 12.1. The van der Waals surface area contributed by atoms with E-state index in [2.05, 4.69) is 25.2 Å². The lowest BCUT2D eigenvalue weighted by Gasteiger charge is -2.39. The number of allylic oxidation sites excluding steroid dienone is 1. The Labute approximate surface area is 107 Å². The normalized spacial score (nSPS) is 24.9. The monoisotopic (exact) mass is 235 g/mol. The Kier molecular flexibility index (Phi) is 4.67. The fourth-order valence-electron chi connectivity index (χ4n) is 3.91. The van der Waals surface area contributed by atoms with E-state index in [0.29, 0.717) is 11.5 Å². The van der Waals surface area contributed by atoms with E-state index in [1.54, 1.807) is 5.57 Å². The minimum Gasteiger partial charge on any atom is -0.310 e. The molecule has 1 fully saturated rings. The van der Waals surface area contributed by atoms with E-state index in [1.807, 2.05) is 0 Å². The van der Waals surface area contributed by atoms with Gasteiger partial charge >= 0.3 is 0 Å². The van der Waals surface area contributed by atoms with Gasteiger partial charge in [-0.1, -0.05) is 38.3 Å². The van der Waals surface area contributed by atoms with Gasteiger partial charge in [0.2, 0.25) is 0 Å². The lowest BCUT2D eigenvalue weighted by molar-refractivity contribution is 0.208. The molecule has 0 amide bonds. The maximum Gasteiger partial charge on any atom is 0.0336 e. The Morgan fingerprint density at radius 2 is 2.00 bits per heavy atom. The van der Waals surface area contributed by atoms with Gasteiger partial charge in [0.1, 0.15) is 0 Å². The summed E-state index contributed by atoms with van der Waals surface area (Å²) in [6, 6.07) is 0.692. The molecule has 1 saturated carbocycles. The van der Waals surface area contributed by atoms with E-state index < -0.39 is 0 Å². The summed E-state index contributed by atoms with van der Waals surface area (Å²) in [5.41, 5.74) is 2.33. The van der Waals surface area contributed by atoms with Crippen LogP contribution in [0.4, 0.5) is 0 Å². The lowest BCUT2D eigenvalue weighted by Crippen LogP contribution is -2.45. The lowest BCUT2D eigenvalue weighted by atomic mass is 9.73. The van der Waals surface area contributed by atoms with Crippen molar-refractivity contribution in [2.24, 2.45) is 5.41 Å². The van der Waals surface area contributed by atoms with Crippen molar-refractivity contribution in [3.8, 4) is 0 Å². The van der Waals surface area contributed by atoms with Crippen molar-refractivity contribution in [1.82, 2.24) is 5.32 Å². The van der Waals surface area contributed by atoms with Crippen molar-refractivity contribution in [3.63, 3.8) is 0 Å². The van der Waals surface area contributed by atoms with E-state index >= 15 is 0 Å². The Morgan fingerprint density at radius 3 is 2.53 bits per heavy atom. The first kappa shape index (κ1) is 13.1. The van der Waals surface area contributed by atoms with Gasteiger partial charge in [0.15, 0.2) is 0 Å². The van der Waals surface area contributed by atoms with Crippen LogP contribution in [0.15, 0.2) is 11.6 Å². The molecule has 0 heterocycles. The maximum atomic E-state index is 3.88. The SMILES string of the molecule is CCCNC(C1=CCCC1)C1(CC)CCCC1. The van der Waals surface area contributed by atoms with Crippen molar-refractivity contribution in [3.05, 3.63) is 11.6 Å². The van der Waals surface area contributed by atoms with Crippen LogP contribution in [0.5, 0.6) is 0 Å². The van der Waals surface area contributed by atoms with Gasteiger partial charge in [-0.05, 0) is 56.9 Å². The molecule has 0 aromatic rings. The molecule has 0 radical (unpaired) electrons. The van der Waals surface area contributed by atoms with Crippen molar-refractivity contribution < 1.29 is 0 Å². The summed E-state index contributed by atoms with van der Waals surface area (Å²) in [7, 11) is 0. The molecule has 0 aliphatic heterocycles. The molecule has 1 unspecified atom stereocenters. The van der Waals surface area contributed by atoms with Gasteiger partial charge in [0.05, 0.1) is 0 Å². The van der Waals surface area contributed by atoms with Gasteiger partial charge in [-0.3, -0.25) is 0 Å². The number of rotatable bonds is 6. The first-order valence-electron chi connectivity index (χ1n) is 7.74. The van der Waals surface area contributed by atoms with Crippen LogP contribution in [0.25, 0.3) is 0 Å². The highest BCUT2D eigenvalue weighted by Gasteiger charge is 2.41. The van der Waals surface area contributed by atoms with E-state index in [0.717, 1.165) is 0 Å². The van der Waals surface area contributed by atoms with Crippen LogP contribution in [0.2, 0.25) is 0 Å². The first-order chi connectivity index (χ1) is 8.32. The molecule has 1 N–H and O–H groups in total. The van der Waals surface area contributed by atoms with E-state index in [1.165, 1.54) is 64.3 Å². The van der Waals surface area contributed by atoms with Crippen LogP contribution in [-0.2, 0) is 0 Å². The van der Waals surface area contributed by atoms with Gasteiger partial charge in [-0.2, -0.15) is 0 Å². The average Bonchev–Trinajstić information content (AvgIpc) is 3.01. The molecule has 0 saturated heterocycles. The summed E-state index contributed by atoms with van der Waals surface area (Å²) in [6.45, 7) is 5.87. The maximum absolute atomic E-state index is 3.88. The highest BCUT2D eigenvalue weighted by atomic mass is 14.9. The number of nitrogens with one attached hydrogen (secondary N) is 1. The minimum absolute atomic E-state index is 0.589. The molecule has 1 nitrogen and oxygen atoms in total. The highest BCUT2D eigenvalue weighted by molar-refractivity contribution is 5.20. The second kappa shape index (κ2) is 6.04. The molecule has 98 valence electrons. The van der Waals surface area contributed by atoms with Gasteiger partial charge in [-0.25, -0.2) is 0 Å². The molecule has 2 rings (SSSR count). The predicted molar refractivity (Wildman–Crippen MR) is 75.2 cm³/mol. The zero-order valence-electron chi connectivity index (χ0n) is 11.7. The molecule has 2 aliphatic carbocycles. The van der Waals surface area contributed by atoms with E-state index in [9.17, 15) is 0 Å².